The Labute approximate surface area is 68.4 Å². The van der Waals surface area contributed by atoms with E-state index in [-0.39, 0.29) is 10.8 Å². The third-order valence-corrected chi connectivity index (χ3v) is 2.86. The van der Waals surface area contributed by atoms with Gasteiger partial charge in [0.25, 0.3) is 10.0 Å². The van der Waals surface area contributed by atoms with Crippen LogP contribution in [-0.2, 0) is 10.0 Å². The molecule has 0 radical (unpaired) electrons. The molecule has 2 heterocycles. The van der Waals surface area contributed by atoms with Gasteiger partial charge in [0.2, 0.25) is 0 Å². The van der Waals surface area contributed by atoms with Gasteiger partial charge in [-0.1, -0.05) is 0 Å². The van der Waals surface area contributed by atoms with Gasteiger partial charge in [-0.3, -0.25) is 5.73 Å². The van der Waals surface area contributed by atoms with Crippen molar-refractivity contribution in [3.05, 3.63) is 6.33 Å². The molecule has 1 aliphatic heterocycles. The number of fused-ring (bicyclic) bond motifs is 1. The van der Waals surface area contributed by atoms with Gasteiger partial charge < -0.3 is 10.3 Å². The zero-order valence-electron chi connectivity index (χ0n) is 5.90. The number of nitrogens with two attached hydrogens (primary N) is 1. The molecular weight excluding hydrogens is 182 g/mol. The van der Waals surface area contributed by atoms with E-state index in [1.165, 1.54) is 6.33 Å². The van der Waals surface area contributed by atoms with Crippen molar-refractivity contribution < 1.29 is 8.42 Å². The van der Waals surface area contributed by atoms with Gasteiger partial charge in [0, 0.05) is 0 Å². The zero-order chi connectivity index (χ0) is 8.77. The predicted octanol–water partition coefficient (Wildman–Crippen LogP) is -1.64. The van der Waals surface area contributed by atoms with E-state index in [4.69, 9.17) is 5.73 Å². The number of imidazole rings is 1. The highest BCUT2D eigenvalue weighted by Gasteiger charge is 2.29. The van der Waals surface area contributed by atoms with Crippen LogP contribution in [0.25, 0.3) is 0 Å². The number of hydrogen-bond acceptors (Lipinski definition) is 5. The SMILES string of the molecule is NC1Nc2nc[nH]c2S(=O)(=O)N1. The molecule has 0 saturated carbocycles. The molecule has 1 aliphatic rings. The number of rotatable bonds is 0. The van der Waals surface area contributed by atoms with E-state index in [0.29, 0.717) is 0 Å². The Hall–Kier alpha value is -1.12. The van der Waals surface area contributed by atoms with Crippen molar-refractivity contribution in [3.8, 4) is 0 Å². The maximum Gasteiger partial charge on any atom is 0.262 e. The lowest BCUT2D eigenvalue weighted by Gasteiger charge is -2.20. The molecule has 0 aliphatic carbocycles. The Morgan fingerprint density at radius 2 is 2.33 bits per heavy atom. The van der Waals surface area contributed by atoms with Crippen molar-refractivity contribution in [2.45, 2.75) is 11.3 Å². The van der Waals surface area contributed by atoms with Gasteiger partial charge in [0.15, 0.2) is 10.8 Å². The fourth-order valence-electron chi connectivity index (χ4n) is 0.993. The molecule has 1 aromatic rings. The van der Waals surface area contributed by atoms with Crippen LogP contribution in [0.3, 0.4) is 0 Å². The molecule has 7 nitrogen and oxygen atoms in total. The minimum absolute atomic E-state index is 0.0178. The van der Waals surface area contributed by atoms with E-state index in [1.54, 1.807) is 0 Å². The molecule has 12 heavy (non-hydrogen) atoms. The summed E-state index contributed by atoms with van der Waals surface area (Å²) >= 11 is 0. The summed E-state index contributed by atoms with van der Waals surface area (Å²) in [5.41, 5.74) is 5.33. The topological polar surface area (TPSA) is 113 Å². The molecule has 0 spiro atoms. The summed E-state index contributed by atoms with van der Waals surface area (Å²) in [4.78, 5) is 6.23. The van der Waals surface area contributed by atoms with E-state index in [2.05, 4.69) is 20.0 Å². The van der Waals surface area contributed by atoms with Crippen LogP contribution in [-0.4, -0.2) is 24.7 Å². The molecule has 5 N–H and O–H groups in total. The Morgan fingerprint density at radius 1 is 1.58 bits per heavy atom. The van der Waals surface area contributed by atoms with Crippen LogP contribution in [0.1, 0.15) is 0 Å². The summed E-state index contributed by atoms with van der Waals surface area (Å²) < 4.78 is 24.6. The molecule has 0 bridgehead atoms. The highest BCUT2D eigenvalue weighted by molar-refractivity contribution is 7.89. The third kappa shape index (κ3) is 0.967. The van der Waals surface area contributed by atoms with E-state index in [0.717, 1.165) is 0 Å². The molecular formula is C4H7N5O2S. The van der Waals surface area contributed by atoms with E-state index in [1.807, 2.05) is 0 Å². The lowest BCUT2D eigenvalue weighted by molar-refractivity contribution is 0.557. The van der Waals surface area contributed by atoms with Crippen molar-refractivity contribution in [1.29, 1.82) is 0 Å². The molecule has 2 rings (SSSR count). The summed E-state index contributed by atoms with van der Waals surface area (Å²) in [6, 6.07) is 0. The average Bonchev–Trinajstić information content (AvgIpc) is 2.32. The second-order valence-corrected chi connectivity index (χ2v) is 3.97. The first kappa shape index (κ1) is 7.53. The van der Waals surface area contributed by atoms with Gasteiger partial charge in [-0.2, -0.15) is 4.72 Å². The third-order valence-electron chi connectivity index (χ3n) is 1.45. The Kier molecular flexibility index (Phi) is 1.37. The number of aromatic amines is 1. The van der Waals surface area contributed by atoms with Gasteiger partial charge in [-0.15, -0.1) is 0 Å². The predicted molar refractivity (Wildman–Crippen MR) is 40.5 cm³/mol. The Balaban J connectivity index is 2.61. The minimum Gasteiger partial charge on any atom is -0.339 e. The smallest absolute Gasteiger partial charge is 0.262 e. The fourth-order valence-corrected chi connectivity index (χ4v) is 2.08. The summed E-state index contributed by atoms with van der Waals surface area (Å²) in [5, 5.41) is 2.66. The van der Waals surface area contributed by atoms with Crippen LogP contribution >= 0.6 is 0 Å². The summed E-state index contributed by atoms with van der Waals surface area (Å²) in [7, 11) is -3.50. The molecule has 8 heteroatoms. The van der Waals surface area contributed by atoms with Gasteiger partial charge in [-0.05, 0) is 0 Å². The van der Waals surface area contributed by atoms with Crippen molar-refractivity contribution in [2.75, 3.05) is 5.32 Å². The summed E-state index contributed by atoms with van der Waals surface area (Å²) in [6.45, 7) is 0. The van der Waals surface area contributed by atoms with Crippen molar-refractivity contribution in [1.82, 2.24) is 14.7 Å². The monoisotopic (exact) mass is 189 g/mol. The minimum atomic E-state index is -3.50. The molecule has 0 fully saturated rings. The van der Waals surface area contributed by atoms with Gasteiger partial charge in [0.1, 0.15) is 6.29 Å². The number of sulfonamides is 1. The quantitative estimate of drug-likeness (QED) is 0.391. The van der Waals surface area contributed by atoms with Crippen LogP contribution in [0.4, 0.5) is 5.82 Å². The normalized spacial score (nSPS) is 25.9. The highest BCUT2D eigenvalue weighted by atomic mass is 32.2. The van der Waals surface area contributed by atoms with Crippen LogP contribution in [0, 0.1) is 0 Å². The van der Waals surface area contributed by atoms with E-state index >= 15 is 0 Å². The maximum absolute atomic E-state index is 11.2. The molecule has 66 valence electrons. The fraction of sp³-hybridized carbons (Fsp3) is 0.250. The average molecular weight is 189 g/mol. The first-order valence-electron chi connectivity index (χ1n) is 3.17. The van der Waals surface area contributed by atoms with E-state index in [9.17, 15) is 8.42 Å². The highest BCUT2D eigenvalue weighted by Crippen LogP contribution is 2.19. The lowest BCUT2D eigenvalue weighted by Crippen LogP contribution is -2.50. The Morgan fingerprint density at radius 3 is 3.08 bits per heavy atom. The van der Waals surface area contributed by atoms with Crippen LogP contribution < -0.4 is 15.8 Å². The first-order valence-corrected chi connectivity index (χ1v) is 4.66. The summed E-state index contributed by atoms with van der Waals surface area (Å²) in [5.74, 6) is 0.251. The van der Waals surface area contributed by atoms with E-state index < -0.39 is 16.3 Å². The number of anilines is 1. The summed E-state index contributed by atoms with van der Waals surface area (Å²) in [6.07, 6.45) is 0.473. The number of aromatic nitrogens is 2. The number of nitrogens with one attached hydrogen (secondary N) is 3. The van der Waals surface area contributed by atoms with Crippen LogP contribution in [0.15, 0.2) is 11.4 Å². The first-order chi connectivity index (χ1) is 5.59. The lowest BCUT2D eigenvalue weighted by atomic mass is 10.7. The molecule has 1 unspecified atom stereocenters. The van der Waals surface area contributed by atoms with Crippen molar-refractivity contribution in [3.63, 3.8) is 0 Å². The Bertz CT molecular complexity index is 395. The van der Waals surface area contributed by atoms with Crippen LogP contribution in [0.5, 0.6) is 0 Å². The molecule has 0 saturated heterocycles. The largest absolute Gasteiger partial charge is 0.339 e. The molecule has 1 aromatic heterocycles. The molecule has 0 amide bonds. The second kappa shape index (κ2) is 2.19. The van der Waals surface area contributed by atoms with Crippen LogP contribution in [0.2, 0.25) is 0 Å². The zero-order valence-corrected chi connectivity index (χ0v) is 6.72. The number of nitrogens with zero attached hydrogens (tertiary/aromatic N) is 1. The van der Waals surface area contributed by atoms with Gasteiger partial charge in [0.05, 0.1) is 6.33 Å². The van der Waals surface area contributed by atoms with Crippen molar-refractivity contribution >= 4 is 15.8 Å². The number of H-pyrrole nitrogens is 1. The standard InChI is InChI=1S/C4H7N5O2S/c5-4-8-2-3(7-1-6-2)12(10,11)9-4/h1,4,8-9H,5H2,(H,6,7). The van der Waals surface area contributed by atoms with Gasteiger partial charge in [-0.25, -0.2) is 13.4 Å². The van der Waals surface area contributed by atoms with Gasteiger partial charge >= 0.3 is 0 Å². The maximum atomic E-state index is 11.2. The molecule has 1 atom stereocenters. The van der Waals surface area contributed by atoms with Crippen molar-refractivity contribution in [2.24, 2.45) is 5.73 Å². The second-order valence-electron chi connectivity index (χ2n) is 2.32. The number of hydrogen-bond donors (Lipinski definition) is 4. The molecule has 0 aromatic carbocycles.